The van der Waals surface area contributed by atoms with Gasteiger partial charge in [0.1, 0.15) is 0 Å². The Bertz CT molecular complexity index is 459. The highest BCUT2D eigenvalue weighted by molar-refractivity contribution is 5.79. The smallest absolute Gasteiger partial charge is 0.0594 e. The van der Waals surface area contributed by atoms with Crippen LogP contribution in [-0.2, 0) is 0 Å². The molecule has 3 nitrogen and oxygen atoms in total. The second-order valence-electron chi connectivity index (χ2n) is 7.50. The summed E-state index contributed by atoms with van der Waals surface area (Å²) in [6.45, 7) is 19.0. The van der Waals surface area contributed by atoms with Gasteiger partial charge in [0.15, 0.2) is 0 Å². The molecule has 0 saturated carbocycles. The molecule has 1 saturated heterocycles. The van der Waals surface area contributed by atoms with Crippen molar-refractivity contribution in [1.82, 2.24) is 9.80 Å². The van der Waals surface area contributed by atoms with Crippen LogP contribution in [-0.4, -0.2) is 48.7 Å². The molecule has 126 valence electrons. The van der Waals surface area contributed by atoms with Crippen molar-refractivity contribution in [2.75, 3.05) is 20.6 Å². The Balaban J connectivity index is 3.12. The number of nitrogens with zero attached hydrogens (tertiary/aromatic N) is 3. The summed E-state index contributed by atoms with van der Waals surface area (Å²) in [5, 5.41) is 0. The maximum Gasteiger partial charge on any atom is 0.0594 e. The van der Waals surface area contributed by atoms with Crippen LogP contribution in [0.15, 0.2) is 28.5 Å². The second-order valence-corrected chi connectivity index (χ2v) is 7.50. The number of likely N-dealkylation sites (N-methyl/N-ethyl adjacent to an activating group) is 1. The van der Waals surface area contributed by atoms with Crippen molar-refractivity contribution in [2.24, 2.45) is 10.4 Å². The lowest BCUT2D eigenvalue weighted by Gasteiger charge is -2.33. The fraction of sp³-hybridized carbons (Fsp3) is 0.737. The third kappa shape index (κ3) is 4.01. The third-order valence-electron chi connectivity index (χ3n) is 5.30. The van der Waals surface area contributed by atoms with Crippen LogP contribution in [0.25, 0.3) is 0 Å². The highest BCUT2D eigenvalue weighted by Gasteiger charge is 2.40. The molecule has 0 aromatic carbocycles. The zero-order valence-electron chi connectivity index (χ0n) is 15.9. The Morgan fingerprint density at radius 3 is 2.55 bits per heavy atom. The number of aliphatic imine (C=N–C) groups is 1. The van der Waals surface area contributed by atoms with Crippen molar-refractivity contribution < 1.29 is 0 Å². The van der Waals surface area contributed by atoms with Gasteiger partial charge < -0.3 is 4.90 Å². The van der Waals surface area contributed by atoms with E-state index in [9.17, 15) is 0 Å². The molecule has 1 rings (SSSR count). The average Bonchev–Trinajstić information content (AvgIpc) is 2.64. The lowest BCUT2D eigenvalue weighted by atomic mass is 9.85. The van der Waals surface area contributed by atoms with E-state index < -0.39 is 0 Å². The minimum Gasteiger partial charge on any atom is -0.341 e. The highest BCUT2D eigenvalue weighted by atomic mass is 15.2. The summed E-state index contributed by atoms with van der Waals surface area (Å²) < 4.78 is 0. The molecule has 2 unspecified atom stereocenters. The number of allylic oxidation sites excluding steroid dienone is 2. The number of hydrogen-bond donors (Lipinski definition) is 0. The number of hydrogen-bond acceptors (Lipinski definition) is 3. The molecule has 1 fully saturated rings. The Morgan fingerprint density at radius 1 is 1.55 bits per heavy atom. The maximum absolute atomic E-state index is 4.31. The molecule has 0 bridgehead atoms. The first-order valence-corrected chi connectivity index (χ1v) is 8.44. The highest BCUT2D eigenvalue weighted by Crippen LogP contribution is 2.43. The van der Waals surface area contributed by atoms with Crippen LogP contribution >= 0.6 is 0 Å². The van der Waals surface area contributed by atoms with E-state index in [-0.39, 0.29) is 5.41 Å². The van der Waals surface area contributed by atoms with E-state index in [0.29, 0.717) is 12.1 Å². The van der Waals surface area contributed by atoms with Crippen LogP contribution in [0.3, 0.4) is 0 Å². The molecule has 0 N–H and O–H groups in total. The van der Waals surface area contributed by atoms with Gasteiger partial charge in [-0.2, -0.15) is 0 Å². The fourth-order valence-corrected chi connectivity index (χ4v) is 3.18. The maximum atomic E-state index is 4.31. The molecule has 1 aliphatic rings. The van der Waals surface area contributed by atoms with Gasteiger partial charge in [0, 0.05) is 37.6 Å². The molecule has 0 aliphatic carbocycles. The van der Waals surface area contributed by atoms with E-state index in [1.807, 2.05) is 13.3 Å². The molecule has 0 radical (unpaired) electrons. The molecule has 1 heterocycles. The lowest BCUT2D eigenvalue weighted by molar-refractivity contribution is 0.245. The molecular weight excluding hydrogens is 270 g/mol. The first kappa shape index (κ1) is 19.0. The topological polar surface area (TPSA) is 18.8 Å². The minimum atomic E-state index is 0.257. The first-order valence-electron chi connectivity index (χ1n) is 8.44. The molecule has 0 spiro atoms. The Morgan fingerprint density at radius 2 is 2.14 bits per heavy atom. The van der Waals surface area contributed by atoms with Crippen molar-refractivity contribution >= 4 is 6.21 Å². The van der Waals surface area contributed by atoms with Crippen molar-refractivity contribution in [3.8, 4) is 0 Å². The van der Waals surface area contributed by atoms with Crippen LogP contribution in [0.4, 0.5) is 0 Å². The SMILES string of the molecule is C=C1CC(C)(C)C(C)N1/C(C=NC)=C(/C)CN(C)C(C)CC. The summed E-state index contributed by atoms with van der Waals surface area (Å²) in [6, 6.07) is 1.03. The van der Waals surface area contributed by atoms with E-state index in [1.165, 1.54) is 23.4 Å². The molecule has 3 heteroatoms. The van der Waals surface area contributed by atoms with Crippen molar-refractivity contribution in [3.63, 3.8) is 0 Å². The van der Waals surface area contributed by atoms with Gasteiger partial charge >= 0.3 is 0 Å². The van der Waals surface area contributed by atoms with Crippen LogP contribution in [0.2, 0.25) is 0 Å². The second kappa shape index (κ2) is 7.45. The summed E-state index contributed by atoms with van der Waals surface area (Å²) in [5.41, 5.74) is 4.05. The van der Waals surface area contributed by atoms with Gasteiger partial charge in [-0.3, -0.25) is 9.89 Å². The quantitative estimate of drug-likeness (QED) is 0.680. The number of likely N-dealkylation sites (tertiary alicyclic amines) is 1. The molecular formula is C19H35N3. The van der Waals surface area contributed by atoms with Crippen molar-refractivity contribution in [2.45, 2.75) is 66.5 Å². The van der Waals surface area contributed by atoms with E-state index in [4.69, 9.17) is 0 Å². The van der Waals surface area contributed by atoms with Gasteiger partial charge in [-0.15, -0.1) is 0 Å². The molecule has 22 heavy (non-hydrogen) atoms. The monoisotopic (exact) mass is 305 g/mol. The van der Waals surface area contributed by atoms with Gasteiger partial charge in [-0.25, -0.2) is 0 Å². The van der Waals surface area contributed by atoms with Crippen molar-refractivity contribution in [3.05, 3.63) is 23.5 Å². The lowest BCUT2D eigenvalue weighted by Crippen LogP contribution is -2.36. The zero-order chi connectivity index (χ0) is 17.1. The molecule has 0 aromatic rings. The molecule has 0 aromatic heterocycles. The Labute approximate surface area is 137 Å². The van der Waals surface area contributed by atoms with Gasteiger partial charge in [-0.1, -0.05) is 27.4 Å². The summed E-state index contributed by atoms with van der Waals surface area (Å²) >= 11 is 0. The van der Waals surface area contributed by atoms with E-state index in [1.54, 1.807) is 0 Å². The largest absolute Gasteiger partial charge is 0.341 e. The fourth-order valence-electron chi connectivity index (χ4n) is 3.18. The van der Waals surface area contributed by atoms with E-state index in [2.05, 4.69) is 70.0 Å². The third-order valence-corrected chi connectivity index (χ3v) is 5.30. The molecule has 2 atom stereocenters. The normalized spacial score (nSPS) is 24.3. The van der Waals surface area contributed by atoms with Gasteiger partial charge in [0.2, 0.25) is 0 Å². The van der Waals surface area contributed by atoms with Crippen LogP contribution in [0.1, 0.15) is 54.4 Å². The summed E-state index contributed by atoms with van der Waals surface area (Å²) in [4.78, 5) is 9.11. The minimum absolute atomic E-state index is 0.257. The summed E-state index contributed by atoms with van der Waals surface area (Å²) in [7, 11) is 4.05. The van der Waals surface area contributed by atoms with Crippen LogP contribution < -0.4 is 0 Å². The summed E-state index contributed by atoms with van der Waals surface area (Å²) in [5.74, 6) is 0. The standard InChI is InChI=1S/C19H35N3/c1-10-15(3)21(9)13-14(2)18(12-20-8)22-16(4)11-19(6,7)17(22)5/h12,15,17H,4,10-11,13H2,1-3,5-9H3/b18-14-,20-12?. The molecule has 0 amide bonds. The summed E-state index contributed by atoms with van der Waals surface area (Å²) in [6.07, 6.45) is 4.22. The van der Waals surface area contributed by atoms with Gasteiger partial charge in [-0.05, 0) is 51.6 Å². The molecule has 1 aliphatic heterocycles. The first-order chi connectivity index (χ1) is 10.2. The van der Waals surface area contributed by atoms with Crippen LogP contribution in [0, 0.1) is 5.41 Å². The Hall–Kier alpha value is -1.09. The van der Waals surface area contributed by atoms with Crippen molar-refractivity contribution in [1.29, 1.82) is 0 Å². The van der Waals surface area contributed by atoms with Crippen LogP contribution in [0.5, 0.6) is 0 Å². The average molecular weight is 306 g/mol. The Kier molecular flexibility index (Phi) is 6.42. The number of rotatable bonds is 6. The predicted octanol–water partition coefficient (Wildman–Crippen LogP) is 4.33. The van der Waals surface area contributed by atoms with E-state index in [0.717, 1.165) is 13.0 Å². The zero-order valence-corrected chi connectivity index (χ0v) is 15.9. The predicted molar refractivity (Wildman–Crippen MR) is 98.3 cm³/mol. The van der Waals surface area contributed by atoms with E-state index >= 15 is 0 Å². The van der Waals surface area contributed by atoms with Gasteiger partial charge in [0.25, 0.3) is 0 Å². The van der Waals surface area contributed by atoms with Gasteiger partial charge in [0.05, 0.1) is 5.70 Å².